The summed E-state index contributed by atoms with van der Waals surface area (Å²) in [5, 5.41) is 12.4. The molecule has 1 aliphatic rings. The van der Waals surface area contributed by atoms with Gasteiger partial charge in [0.05, 0.1) is 31.1 Å². The van der Waals surface area contributed by atoms with E-state index in [0.717, 1.165) is 37.7 Å². The third kappa shape index (κ3) is 3.62. The Morgan fingerprint density at radius 2 is 2.40 bits per heavy atom. The van der Waals surface area contributed by atoms with Gasteiger partial charge in [0, 0.05) is 25.7 Å². The van der Waals surface area contributed by atoms with Crippen LogP contribution < -0.4 is 10.1 Å². The number of ether oxygens (including phenoxy) is 2. The van der Waals surface area contributed by atoms with Gasteiger partial charge in [-0.25, -0.2) is 0 Å². The number of rotatable bonds is 5. The number of nitrogens with one attached hydrogen (secondary N) is 1. The molecule has 5 nitrogen and oxygen atoms in total. The molecule has 0 aliphatic carbocycles. The van der Waals surface area contributed by atoms with Crippen LogP contribution in [0.3, 0.4) is 0 Å². The summed E-state index contributed by atoms with van der Waals surface area (Å²) >= 11 is 0. The molecule has 1 saturated heterocycles. The van der Waals surface area contributed by atoms with Crippen molar-refractivity contribution in [3.05, 3.63) is 23.8 Å². The van der Waals surface area contributed by atoms with Gasteiger partial charge in [-0.05, 0) is 18.7 Å². The van der Waals surface area contributed by atoms with Crippen molar-refractivity contribution < 1.29 is 9.47 Å². The van der Waals surface area contributed by atoms with E-state index < -0.39 is 0 Å². The number of methoxy groups -OCH3 is 1. The highest BCUT2D eigenvalue weighted by Crippen LogP contribution is 2.22. The molecular weight excluding hydrogens is 254 g/mol. The molecule has 108 valence electrons. The first kappa shape index (κ1) is 14.6. The van der Waals surface area contributed by atoms with E-state index in [0.29, 0.717) is 12.1 Å². The second-order valence-corrected chi connectivity index (χ2v) is 4.79. The first-order valence-corrected chi connectivity index (χ1v) is 6.92. The zero-order chi connectivity index (χ0) is 14.4. The standard InChI is InChI=1S/C15H21N3O2/c1-3-18-6-7-20-14(11-18)10-17-15-8-13(19-2)5-4-12(15)9-16/h4-5,8,14,17H,3,6-7,10-11H2,1-2H3. The Labute approximate surface area is 120 Å². The third-order valence-corrected chi connectivity index (χ3v) is 3.54. The van der Waals surface area contributed by atoms with E-state index in [2.05, 4.69) is 23.2 Å². The molecule has 1 unspecified atom stereocenters. The fourth-order valence-corrected chi connectivity index (χ4v) is 2.31. The van der Waals surface area contributed by atoms with Crippen LogP contribution in [0.5, 0.6) is 5.75 Å². The van der Waals surface area contributed by atoms with E-state index in [1.165, 1.54) is 0 Å². The number of benzene rings is 1. The lowest BCUT2D eigenvalue weighted by Crippen LogP contribution is -2.45. The first-order chi connectivity index (χ1) is 9.76. The Bertz CT molecular complexity index is 484. The Morgan fingerprint density at radius 1 is 1.55 bits per heavy atom. The molecular formula is C15H21N3O2. The molecule has 1 aromatic rings. The number of anilines is 1. The quantitative estimate of drug-likeness (QED) is 0.886. The van der Waals surface area contributed by atoms with Crippen LogP contribution >= 0.6 is 0 Å². The molecule has 1 aliphatic heterocycles. The lowest BCUT2D eigenvalue weighted by atomic mass is 10.1. The first-order valence-electron chi connectivity index (χ1n) is 6.92. The Balaban J connectivity index is 1.98. The summed E-state index contributed by atoms with van der Waals surface area (Å²) in [6.07, 6.45) is 0.154. The van der Waals surface area contributed by atoms with Crippen LogP contribution in [0.2, 0.25) is 0 Å². The molecule has 0 bridgehead atoms. The molecule has 0 spiro atoms. The average Bonchev–Trinajstić information content (AvgIpc) is 2.52. The summed E-state index contributed by atoms with van der Waals surface area (Å²) < 4.78 is 10.9. The number of hydrogen-bond donors (Lipinski definition) is 1. The van der Waals surface area contributed by atoms with Crippen molar-refractivity contribution >= 4 is 5.69 Å². The van der Waals surface area contributed by atoms with Gasteiger partial charge in [0.25, 0.3) is 0 Å². The normalized spacial score (nSPS) is 19.4. The fourth-order valence-electron chi connectivity index (χ4n) is 2.31. The molecule has 0 radical (unpaired) electrons. The average molecular weight is 275 g/mol. The Hall–Kier alpha value is -1.77. The zero-order valence-corrected chi connectivity index (χ0v) is 12.1. The summed E-state index contributed by atoms with van der Waals surface area (Å²) in [5.74, 6) is 0.742. The van der Waals surface area contributed by atoms with Gasteiger partial charge < -0.3 is 14.8 Å². The number of nitriles is 1. The Kier molecular flexibility index (Phi) is 5.22. The smallest absolute Gasteiger partial charge is 0.121 e. The van der Waals surface area contributed by atoms with Gasteiger partial charge in [0.1, 0.15) is 11.8 Å². The van der Waals surface area contributed by atoms with Gasteiger partial charge in [0.2, 0.25) is 0 Å². The minimum Gasteiger partial charge on any atom is -0.497 e. The number of likely N-dealkylation sites (N-methyl/N-ethyl adjacent to an activating group) is 1. The van der Waals surface area contributed by atoms with Gasteiger partial charge in [-0.15, -0.1) is 0 Å². The minimum absolute atomic E-state index is 0.154. The molecule has 2 rings (SSSR count). The van der Waals surface area contributed by atoms with Crippen LogP contribution in [0.25, 0.3) is 0 Å². The van der Waals surface area contributed by atoms with Gasteiger partial charge >= 0.3 is 0 Å². The topological polar surface area (TPSA) is 57.5 Å². The lowest BCUT2D eigenvalue weighted by molar-refractivity contribution is -0.0191. The summed E-state index contributed by atoms with van der Waals surface area (Å²) in [4.78, 5) is 2.37. The maximum Gasteiger partial charge on any atom is 0.121 e. The van der Waals surface area contributed by atoms with E-state index in [-0.39, 0.29) is 6.10 Å². The summed E-state index contributed by atoms with van der Waals surface area (Å²) in [6, 6.07) is 7.59. The monoisotopic (exact) mass is 275 g/mol. The van der Waals surface area contributed by atoms with Crippen LogP contribution in [-0.2, 0) is 4.74 Å². The van der Waals surface area contributed by atoms with Crippen LogP contribution in [0, 0.1) is 11.3 Å². The molecule has 1 N–H and O–H groups in total. The van der Waals surface area contributed by atoms with Gasteiger partial charge in [-0.1, -0.05) is 6.92 Å². The second-order valence-electron chi connectivity index (χ2n) is 4.79. The molecule has 0 amide bonds. The van der Waals surface area contributed by atoms with Crippen LogP contribution in [-0.4, -0.2) is 50.9 Å². The number of morpholine rings is 1. The maximum atomic E-state index is 9.13. The van der Waals surface area contributed by atoms with E-state index in [4.69, 9.17) is 14.7 Å². The van der Waals surface area contributed by atoms with Gasteiger partial charge in [-0.2, -0.15) is 5.26 Å². The summed E-state index contributed by atoms with van der Waals surface area (Å²) in [5.41, 5.74) is 1.41. The van der Waals surface area contributed by atoms with Crippen molar-refractivity contribution in [2.24, 2.45) is 0 Å². The van der Waals surface area contributed by atoms with Crippen molar-refractivity contribution in [3.63, 3.8) is 0 Å². The van der Waals surface area contributed by atoms with Crippen LogP contribution in [0.15, 0.2) is 18.2 Å². The highest BCUT2D eigenvalue weighted by molar-refractivity contribution is 5.60. The number of hydrogen-bond acceptors (Lipinski definition) is 5. The lowest BCUT2D eigenvalue weighted by Gasteiger charge is -2.32. The van der Waals surface area contributed by atoms with Crippen LogP contribution in [0.1, 0.15) is 12.5 Å². The van der Waals surface area contributed by atoms with E-state index in [1.54, 1.807) is 19.2 Å². The fraction of sp³-hybridized carbons (Fsp3) is 0.533. The zero-order valence-electron chi connectivity index (χ0n) is 12.1. The predicted octanol–water partition coefficient (Wildman–Crippen LogP) is 1.70. The SMILES string of the molecule is CCN1CCOC(CNc2cc(OC)ccc2C#N)C1. The molecule has 20 heavy (non-hydrogen) atoms. The Morgan fingerprint density at radius 3 is 3.10 bits per heavy atom. The highest BCUT2D eigenvalue weighted by atomic mass is 16.5. The second kappa shape index (κ2) is 7.13. The molecule has 1 aromatic carbocycles. The van der Waals surface area contributed by atoms with E-state index >= 15 is 0 Å². The summed E-state index contributed by atoms with van der Waals surface area (Å²) in [6.45, 7) is 6.58. The van der Waals surface area contributed by atoms with Crippen molar-refractivity contribution in [2.75, 3.05) is 45.2 Å². The highest BCUT2D eigenvalue weighted by Gasteiger charge is 2.19. The van der Waals surface area contributed by atoms with E-state index in [9.17, 15) is 0 Å². The van der Waals surface area contributed by atoms with Crippen LogP contribution in [0.4, 0.5) is 5.69 Å². The number of nitrogens with zero attached hydrogens (tertiary/aromatic N) is 2. The predicted molar refractivity (Wildman–Crippen MR) is 78.1 cm³/mol. The molecule has 1 heterocycles. The maximum absolute atomic E-state index is 9.13. The molecule has 5 heteroatoms. The van der Waals surface area contributed by atoms with Crippen molar-refractivity contribution in [3.8, 4) is 11.8 Å². The summed E-state index contributed by atoms with van der Waals surface area (Å²) in [7, 11) is 1.62. The largest absolute Gasteiger partial charge is 0.497 e. The van der Waals surface area contributed by atoms with Gasteiger partial charge in [-0.3, -0.25) is 4.90 Å². The van der Waals surface area contributed by atoms with Crippen molar-refractivity contribution in [2.45, 2.75) is 13.0 Å². The van der Waals surface area contributed by atoms with E-state index in [1.807, 2.05) is 6.07 Å². The minimum atomic E-state index is 0.154. The van der Waals surface area contributed by atoms with Gasteiger partial charge in [0.15, 0.2) is 0 Å². The molecule has 0 saturated carbocycles. The third-order valence-electron chi connectivity index (χ3n) is 3.54. The molecule has 1 fully saturated rings. The van der Waals surface area contributed by atoms with Crippen molar-refractivity contribution in [1.29, 1.82) is 5.26 Å². The molecule has 1 atom stereocenters. The van der Waals surface area contributed by atoms with Crippen molar-refractivity contribution in [1.82, 2.24) is 4.90 Å². The molecule has 0 aromatic heterocycles.